The quantitative estimate of drug-likeness (QED) is 0.785. The fourth-order valence-corrected chi connectivity index (χ4v) is 3.79. The maximum Gasteiger partial charge on any atom is 0.263 e. The van der Waals surface area contributed by atoms with Crippen molar-refractivity contribution in [3.63, 3.8) is 0 Å². The molecular formula is C19H25NO3S. The van der Waals surface area contributed by atoms with Crippen LogP contribution in [0.1, 0.15) is 38.2 Å². The van der Waals surface area contributed by atoms with Crippen molar-refractivity contribution in [3.8, 4) is 11.5 Å². The van der Waals surface area contributed by atoms with E-state index in [-0.39, 0.29) is 5.91 Å². The van der Waals surface area contributed by atoms with Crippen LogP contribution in [-0.4, -0.2) is 32.1 Å². The lowest BCUT2D eigenvalue weighted by Crippen LogP contribution is -2.25. The molecule has 0 bridgehead atoms. The van der Waals surface area contributed by atoms with E-state index in [0.717, 1.165) is 22.4 Å². The van der Waals surface area contributed by atoms with Crippen LogP contribution >= 0.6 is 11.3 Å². The number of hydrogen-bond donors (Lipinski definition) is 0. The van der Waals surface area contributed by atoms with Crippen molar-refractivity contribution in [2.45, 2.75) is 33.7 Å². The van der Waals surface area contributed by atoms with E-state index in [9.17, 15) is 4.79 Å². The van der Waals surface area contributed by atoms with Crippen LogP contribution in [0, 0.1) is 13.8 Å². The number of aryl methyl sites for hydroxylation is 3. The smallest absolute Gasteiger partial charge is 0.263 e. The number of thiophene rings is 1. The highest BCUT2D eigenvalue weighted by molar-refractivity contribution is 7.14. The number of methoxy groups -OCH3 is 2. The lowest BCUT2D eigenvalue weighted by Gasteiger charge is -2.19. The summed E-state index contributed by atoms with van der Waals surface area (Å²) in [5.41, 5.74) is 3.37. The third-order valence-electron chi connectivity index (χ3n) is 4.21. The van der Waals surface area contributed by atoms with E-state index >= 15 is 0 Å². The van der Waals surface area contributed by atoms with E-state index in [1.54, 1.807) is 30.5 Å². The van der Waals surface area contributed by atoms with Crippen LogP contribution in [0.25, 0.3) is 0 Å². The van der Waals surface area contributed by atoms with Crippen LogP contribution in [0.2, 0.25) is 0 Å². The second-order valence-corrected chi connectivity index (χ2v) is 7.10. The molecule has 1 amide bonds. The summed E-state index contributed by atoms with van der Waals surface area (Å²) in [7, 11) is 5.07. The highest BCUT2D eigenvalue weighted by Gasteiger charge is 2.18. The van der Waals surface area contributed by atoms with Gasteiger partial charge in [0.25, 0.3) is 5.91 Å². The van der Waals surface area contributed by atoms with Crippen LogP contribution in [0.15, 0.2) is 18.2 Å². The molecule has 0 radical (unpaired) electrons. The summed E-state index contributed by atoms with van der Waals surface area (Å²) in [6.45, 7) is 6.72. The van der Waals surface area contributed by atoms with Gasteiger partial charge in [0, 0.05) is 18.5 Å². The highest BCUT2D eigenvalue weighted by atomic mass is 32.1. The molecule has 24 heavy (non-hydrogen) atoms. The Morgan fingerprint density at radius 2 is 1.71 bits per heavy atom. The molecule has 130 valence electrons. The number of rotatable bonds is 6. The number of ether oxygens (including phenoxy) is 2. The molecule has 0 spiro atoms. The maximum absolute atomic E-state index is 12.7. The summed E-state index contributed by atoms with van der Waals surface area (Å²) in [6, 6.07) is 5.90. The molecule has 0 aliphatic carbocycles. The zero-order valence-electron chi connectivity index (χ0n) is 15.2. The van der Waals surface area contributed by atoms with Crippen LogP contribution in [-0.2, 0) is 13.0 Å². The van der Waals surface area contributed by atoms with Crippen molar-refractivity contribution >= 4 is 17.2 Å². The summed E-state index contributed by atoms with van der Waals surface area (Å²) in [4.78, 5) is 16.5. The number of nitrogens with zero attached hydrogens (tertiary/aromatic N) is 1. The van der Waals surface area contributed by atoms with E-state index in [1.165, 1.54) is 10.4 Å². The van der Waals surface area contributed by atoms with Gasteiger partial charge in [0.2, 0.25) is 0 Å². The molecule has 1 aromatic heterocycles. The van der Waals surface area contributed by atoms with Gasteiger partial charge in [0.15, 0.2) is 11.5 Å². The lowest BCUT2D eigenvalue weighted by molar-refractivity contribution is 0.0789. The van der Waals surface area contributed by atoms with E-state index in [0.29, 0.717) is 18.0 Å². The Morgan fingerprint density at radius 3 is 2.25 bits per heavy atom. The van der Waals surface area contributed by atoms with Gasteiger partial charge in [-0.05, 0) is 55.2 Å². The van der Waals surface area contributed by atoms with Gasteiger partial charge in [-0.3, -0.25) is 4.79 Å². The summed E-state index contributed by atoms with van der Waals surface area (Å²) in [6.07, 6.45) is 0.952. The van der Waals surface area contributed by atoms with Gasteiger partial charge in [-0.15, -0.1) is 11.3 Å². The number of hydrogen-bond acceptors (Lipinski definition) is 4. The first-order valence-corrected chi connectivity index (χ1v) is 8.79. The predicted molar refractivity (Wildman–Crippen MR) is 98.5 cm³/mol. The first-order chi connectivity index (χ1) is 11.4. The molecule has 0 saturated carbocycles. The van der Waals surface area contributed by atoms with Crippen molar-refractivity contribution in [1.29, 1.82) is 0 Å². The molecule has 0 fully saturated rings. The van der Waals surface area contributed by atoms with E-state index in [4.69, 9.17) is 9.47 Å². The average molecular weight is 347 g/mol. The Hall–Kier alpha value is -2.01. The Morgan fingerprint density at radius 1 is 1.08 bits per heavy atom. The first kappa shape index (κ1) is 18.3. The molecule has 0 saturated heterocycles. The fraction of sp³-hybridized carbons (Fsp3) is 0.421. The molecule has 0 atom stereocenters. The van der Waals surface area contributed by atoms with E-state index in [2.05, 4.69) is 13.8 Å². The molecule has 0 aliphatic heterocycles. The largest absolute Gasteiger partial charge is 0.493 e. The molecule has 0 aliphatic rings. The first-order valence-electron chi connectivity index (χ1n) is 7.97. The van der Waals surface area contributed by atoms with Gasteiger partial charge in [-0.2, -0.15) is 0 Å². The van der Waals surface area contributed by atoms with Gasteiger partial charge in [0.05, 0.1) is 19.1 Å². The minimum atomic E-state index is 0.0528. The van der Waals surface area contributed by atoms with Crippen molar-refractivity contribution in [2.24, 2.45) is 0 Å². The van der Waals surface area contributed by atoms with Crippen molar-refractivity contribution in [2.75, 3.05) is 21.3 Å². The fourth-order valence-electron chi connectivity index (χ4n) is 2.68. The summed E-state index contributed by atoms with van der Waals surface area (Å²) in [5, 5.41) is 0. The molecule has 0 N–H and O–H groups in total. The SMILES string of the molecule is CCc1cc(C(=O)N(C)Cc2cc(OC)c(OC)cc2C)sc1C. The van der Waals surface area contributed by atoms with E-state index < -0.39 is 0 Å². The topological polar surface area (TPSA) is 38.8 Å². The Labute approximate surface area is 148 Å². The molecule has 1 aromatic carbocycles. The van der Waals surface area contributed by atoms with Crippen LogP contribution in [0.4, 0.5) is 0 Å². The molecule has 5 heteroatoms. The average Bonchev–Trinajstić information content (AvgIpc) is 2.96. The van der Waals surface area contributed by atoms with Gasteiger partial charge >= 0.3 is 0 Å². The van der Waals surface area contributed by atoms with Crippen LogP contribution < -0.4 is 9.47 Å². The molecule has 2 rings (SSSR count). The number of amides is 1. The van der Waals surface area contributed by atoms with Gasteiger partial charge in [-0.1, -0.05) is 6.92 Å². The van der Waals surface area contributed by atoms with E-state index in [1.807, 2.05) is 32.2 Å². The second-order valence-electron chi connectivity index (χ2n) is 5.84. The maximum atomic E-state index is 12.7. The van der Waals surface area contributed by atoms with Gasteiger partial charge in [0.1, 0.15) is 0 Å². The molecule has 2 aromatic rings. The van der Waals surface area contributed by atoms with Crippen LogP contribution in [0.5, 0.6) is 11.5 Å². The summed E-state index contributed by atoms with van der Waals surface area (Å²) in [5.74, 6) is 1.44. The number of carbonyl (C=O) groups excluding carboxylic acids is 1. The third kappa shape index (κ3) is 3.73. The molecule has 1 heterocycles. The Bertz CT molecular complexity index is 736. The Kier molecular flexibility index (Phi) is 5.89. The zero-order chi connectivity index (χ0) is 17.9. The standard InChI is InChI=1S/C19H25NO3S/c1-7-14-10-18(24-13(14)3)19(21)20(4)11-15-9-17(23-6)16(22-5)8-12(15)2/h8-10H,7,11H2,1-6H3. The molecule has 0 unspecified atom stereocenters. The minimum Gasteiger partial charge on any atom is -0.493 e. The predicted octanol–water partition coefficient (Wildman–Crippen LogP) is 4.22. The summed E-state index contributed by atoms with van der Waals surface area (Å²) < 4.78 is 10.7. The second kappa shape index (κ2) is 7.71. The third-order valence-corrected chi connectivity index (χ3v) is 5.29. The van der Waals surface area contributed by atoms with Crippen molar-refractivity contribution < 1.29 is 14.3 Å². The van der Waals surface area contributed by atoms with Crippen molar-refractivity contribution in [3.05, 3.63) is 44.6 Å². The van der Waals surface area contributed by atoms with Gasteiger partial charge in [-0.25, -0.2) is 0 Å². The molecular weight excluding hydrogens is 322 g/mol. The summed E-state index contributed by atoms with van der Waals surface area (Å²) >= 11 is 1.57. The lowest BCUT2D eigenvalue weighted by atomic mass is 10.1. The van der Waals surface area contributed by atoms with Gasteiger partial charge < -0.3 is 14.4 Å². The monoisotopic (exact) mass is 347 g/mol. The highest BCUT2D eigenvalue weighted by Crippen LogP contribution is 2.31. The minimum absolute atomic E-state index is 0.0528. The number of benzene rings is 1. The number of carbonyl (C=O) groups is 1. The zero-order valence-corrected chi connectivity index (χ0v) is 16.0. The Balaban J connectivity index is 2.22. The molecule has 4 nitrogen and oxygen atoms in total. The van der Waals surface area contributed by atoms with Crippen LogP contribution in [0.3, 0.4) is 0 Å². The normalized spacial score (nSPS) is 10.6. The van der Waals surface area contributed by atoms with Crippen molar-refractivity contribution in [1.82, 2.24) is 4.90 Å².